The molecule has 1 fully saturated rings. The predicted molar refractivity (Wildman–Crippen MR) is 81.6 cm³/mol. The summed E-state index contributed by atoms with van der Waals surface area (Å²) >= 11 is 0. The van der Waals surface area contributed by atoms with E-state index in [1.54, 1.807) is 10.9 Å². The van der Waals surface area contributed by atoms with Crippen molar-refractivity contribution in [2.24, 2.45) is 0 Å². The lowest BCUT2D eigenvalue weighted by Crippen LogP contribution is -2.48. The average molecular weight is 284 g/mol. The van der Waals surface area contributed by atoms with Crippen molar-refractivity contribution in [2.45, 2.75) is 6.92 Å². The first-order valence-electron chi connectivity index (χ1n) is 7.39. The highest BCUT2D eigenvalue weighted by Crippen LogP contribution is 2.13. The normalized spacial score (nSPS) is 16.1. The zero-order chi connectivity index (χ0) is 14.7. The van der Waals surface area contributed by atoms with E-state index < -0.39 is 0 Å². The van der Waals surface area contributed by atoms with Crippen LogP contribution in [0.25, 0.3) is 5.69 Å². The summed E-state index contributed by atoms with van der Waals surface area (Å²) < 4.78 is 1.77. The minimum atomic E-state index is 0.111. The standard InChI is InChI=1S/C16H20N4O/c1-2-18-9-11-19(12-10-18)16(21)14-5-3-6-15(13-14)20-8-4-7-17-20/h3-8,13H,2,9-12H2,1H3. The molecule has 110 valence electrons. The highest BCUT2D eigenvalue weighted by atomic mass is 16.2. The molecule has 0 saturated carbocycles. The molecule has 5 nitrogen and oxygen atoms in total. The van der Waals surface area contributed by atoms with Gasteiger partial charge >= 0.3 is 0 Å². The molecule has 1 aliphatic rings. The molecule has 5 heteroatoms. The van der Waals surface area contributed by atoms with Gasteiger partial charge in [0.25, 0.3) is 5.91 Å². The van der Waals surface area contributed by atoms with Gasteiger partial charge in [-0.3, -0.25) is 4.79 Å². The van der Waals surface area contributed by atoms with Crippen LogP contribution in [0, 0.1) is 0 Å². The van der Waals surface area contributed by atoms with Crippen LogP contribution in [-0.2, 0) is 0 Å². The van der Waals surface area contributed by atoms with E-state index >= 15 is 0 Å². The van der Waals surface area contributed by atoms with Gasteiger partial charge in [-0.1, -0.05) is 13.0 Å². The van der Waals surface area contributed by atoms with Gasteiger partial charge in [0.1, 0.15) is 0 Å². The van der Waals surface area contributed by atoms with Crippen LogP contribution in [0.15, 0.2) is 42.7 Å². The van der Waals surface area contributed by atoms with E-state index in [0.29, 0.717) is 0 Å². The van der Waals surface area contributed by atoms with Gasteiger partial charge in [-0.05, 0) is 30.8 Å². The van der Waals surface area contributed by atoms with E-state index in [9.17, 15) is 4.79 Å². The molecule has 3 rings (SSSR count). The smallest absolute Gasteiger partial charge is 0.254 e. The molecular formula is C16H20N4O. The molecule has 2 heterocycles. The van der Waals surface area contributed by atoms with Crippen molar-refractivity contribution in [3.05, 3.63) is 48.3 Å². The van der Waals surface area contributed by atoms with Crippen LogP contribution in [0.1, 0.15) is 17.3 Å². The van der Waals surface area contributed by atoms with Crippen molar-refractivity contribution >= 4 is 5.91 Å². The zero-order valence-corrected chi connectivity index (χ0v) is 12.3. The van der Waals surface area contributed by atoms with E-state index in [2.05, 4.69) is 16.9 Å². The lowest BCUT2D eigenvalue weighted by Gasteiger charge is -2.34. The summed E-state index contributed by atoms with van der Waals surface area (Å²) in [6.07, 6.45) is 3.61. The Labute approximate surface area is 124 Å². The highest BCUT2D eigenvalue weighted by Gasteiger charge is 2.21. The molecule has 0 spiro atoms. The molecule has 1 aromatic carbocycles. The molecule has 1 aliphatic heterocycles. The second kappa shape index (κ2) is 6.10. The Balaban J connectivity index is 1.75. The first-order chi connectivity index (χ1) is 10.3. The molecule has 0 radical (unpaired) electrons. The SMILES string of the molecule is CCN1CCN(C(=O)c2cccc(-n3cccn3)c2)CC1. The van der Waals surface area contributed by atoms with Crippen molar-refractivity contribution in [1.29, 1.82) is 0 Å². The summed E-state index contributed by atoms with van der Waals surface area (Å²) in [6.45, 7) is 6.74. The number of carbonyl (C=O) groups excluding carboxylic acids is 1. The third kappa shape index (κ3) is 2.97. The Morgan fingerprint density at radius 1 is 1.19 bits per heavy atom. The lowest BCUT2D eigenvalue weighted by molar-refractivity contribution is 0.0643. The molecule has 1 amide bonds. The van der Waals surface area contributed by atoms with Crippen LogP contribution in [0.4, 0.5) is 0 Å². The molecule has 1 saturated heterocycles. The second-order valence-corrected chi connectivity index (χ2v) is 5.23. The summed E-state index contributed by atoms with van der Waals surface area (Å²) in [5.41, 5.74) is 1.64. The number of hydrogen-bond donors (Lipinski definition) is 0. The quantitative estimate of drug-likeness (QED) is 0.860. The van der Waals surface area contributed by atoms with Crippen molar-refractivity contribution in [3.63, 3.8) is 0 Å². The first kappa shape index (κ1) is 13.8. The first-order valence-corrected chi connectivity index (χ1v) is 7.39. The van der Waals surface area contributed by atoms with E-state index in [-0.39, 0.29) is 5.91 Å². The van der Waals surface area contributed by atoms with E-state index in [4.69, 9.17) is 0 Å². The molecule has 21 heavy (non-hydrogen) atoms. The van der Waals surface area contributed by atoms with Crippen molar-refractivity contribution in [1.82, 2.24) is 19.6 Å². The molecule has 2 aromatic rings. The van der Waals surface area contributed by atoms with Gasteiger partial charge in [-0.2, -0.15) is 5.10 Å². The Morgan fingerprint density at radius 3 is 2.67 bits per heavy atom. The Morgan fingerprint density at radius 2 is 2.00 bits per heavy atom. The van der Waals surface area contributed by atoms with Gasteiger partial charge in [0.05, 0.1) is 5.69 Å². The summed E-state index contributed by atoms with van der Waals surface area (Å²) in [4.78, 5) is 16.9. The number of nitrogens with zero attached hydrogens (tertiary/aromatic N) is 4. The molecule has 0 aliphatic carbocycles. The Kier molecular flexibility index (Phi) is 4.01. The van der Waals surface area contributed by atoms with Crippen molar-refractivity contribution in [2.75, 3.05) is 32.7 Å². The van der Waals surface area contributed by atoms with Crippen LogP contribution >= 0.6 is 0 Å². The minimum Gasteiger partial charge on any atom is -0.336 e. The fourth-order valence-corrected chi connectivity index (χ4v) is 2.65. The molecule has 1 aromatic heterocycles. The van der Waals surface area contributed by atoms with Gasteiger partial charge in [0.15, 0.2) is 0 Å². The summed E-state index contributed by atoms with van der Waals surface area (Å²) in [5, 5.41) is 4.21. The topological polar surface area (TPSA) is 41.4 Å². The summed E-state index contributed by atoms with van der Waals surface area (Å²) in [6, 6.07) is 9.52. The summed E-state index contributed by atoms with van der Waals surface area (Å²) in [5.74, 6) is 0.111. The average Bonchev–Trinajstić information content (AvgIpc) is 3.09. The molecule has 0 atom stereocenters. The number of hydrogen-bond acceptors (Lipinski definition) is 3. The van der Waals surface area contributed by atoms with Gasteiger partial charge in [0.2, 0.25) is 0 Å². The maximum Gasteiger partial charge on any atom is 0.254 e. The number of carbonyl (C=O) groups is 1. The van der Waals surface area contributed by atoms with Crippen LogP contribution in [-0.4, -0.2) is 58.2 Å². The zero-order valence-electron chi connectivity index (χ0n) is 12.3. The largest absolute Gasteiger partial charge is 0.336 e. The number of piperazine rings is 1. The number of aromatic nitrogens is 2. The second-order valence-electron chi connectivity index (χ2n) is 5.23. The van der Waals surface area contributed by atoms with Gasteiger partial charge in [0, 0.05) is 44.1 Å². The third-order valence-electron chi connectivity index (χ3n) is 3.97. The van der Waals surface area contributed by atoms with E-state index in [1.165, 1.54) is 0 Å². The third-order valence-corrected chi connectivity index (χ3v) is 3.97. The minimum absolute atomic E-state index is 0.111. The molecule has 0 unspecified atom stereocenters. The predicted octanol–water partition coefficient (Wildman–Crippen LogP) is 1.65. The van der Waals surface area contributed by atoms with Gasteiger partial charge in [-0.25, -0.2) is 4.68 Å². The number of likely N-dealkylation sites (N-methyl/N-ethyl adjacent to an activating group) is 1. The number of amides is 1. The lowest BCUT2D eigenvalue weighted by atomic mass is 10.1. The monoisotopic (exact) mass is 284 g/mol. The van der Waals surface area contributed by atoms with Crippen LogP contribution in [0.3, 0.4) is 0 Å². The van der Waals surface area contributed by atoms with Crippen molar-refractivity contribution in [3.8, 4) is 5.69 Å². The Bertz CT molecular complexity index is 600. The maximum absolute atomic E-state index is 12.6. The number of rotatable bonds is 3. The Hall–Kier alpha value is -2.14. The van der Waals surface area contributed by atoms with Gasteiger partial charge < -0.3 is 9.80 Å². The van der Waals surface area contributed by atoms with Crippen LogP contribution in [0.2, 0.25) is 0 Å². The maximum atomic E-state index is 12.6. The van der Waals surface area contributed by atoms with Gasteiger partial charge in [-0.15, -0.1) is 0 Å². The fourth-order valence-electron chi connectivity index (χ4n) is 2.65. The van der Waals surface area contributed by atoms with Crippen LogP contribution < -0.4 is 0 Å². The molecule has 0 bridgehead atoms. The van der Waals surface area contributed by atoms with Crippen molar-refractivity contribution < 1.29 is 4.79 Å². The fraction of sp³-hybridized carbons (Fsp3) is 0.375. The van der Waals surface area contributed by atoms with E-state index in [1.807, 2.05) is 41.4 Å². The molecule has 0 N–H and O–H groups in total. The summed E-state index contributed by atoms with van der Waals surface area (Å²) in [7, 11) is 0. The highest BCUT2D eigenvalue weighted by molar-refractivity contribution is 5.94. The van der Waals surface area contributed by atoms with Crippen LogP contribution in [0.5, 0.6) is 0 Å². The number of benzene rings is 1. The molecular weight excluding hydrogens is 264 g/mol. The van der Waals surface area contributed by atoms with E-state index in [0.717, 1.165) is 44.0 Å².